The van der Waals surface area contributed by atoms with Gasteiger partial charge in [0.15, 0.2) is 0 Å². The zero-order chi connectivity index (χ0) is 13.1. The minimum Gasteiger partial charge on any atom is -0.382 e. The average Bonchev–Trinajstić information content (AvgIpc) is 2.47. The Kier molecular flexibility index (Phi) is 3.60. The zero-order valence-electron chi connectivity index (χ0n) is 11.2. The van der Waals surface area contributed by atoms with E-state index in [-0.39, 0.29) is 0 Å². The van der Waals surface area contributed by atoms with Gasteiger partial charge in [-0.15, -0.1) is 0 Å². The number of hydrogen-bond donors (Lipinski definition) is 1. The smallest absolute Gasteiger partial charge is 0.0907 e. The molecular formula is C15H19N3O. The maximum atomic E-state index is 5.47. The molecule has 1 aromatic heterocycles. The number of methoxy groups -OCH3 is 1. The largest absolute Gasteiger partial charge is 0.382 e. The Hall–Kier alpha value is -1.68. The summed E-state index contributed by atoms with van der Waals surface area (Å²) in [4.78, 5) is 8.62. The van der Waals surface area contributed by atoms with Crippen molar-refractivity contribution < 1.29 is 4.74 Å². The van der Waals surface area contributed by atoms with Crippen LogP contribution in [0.25, 0.3) is 11.0 Å². The Morgan fingerprint density at radius 1 is 1.16 bits per heavy atom. The Bertz CT molecular complexity index is 558. The molecule has 4 nitrogen and oxygen atoms in total. The molecule has 3 rings (SSSR count). The minimum atomic E-state index is 0.395. The molecule has 0 bridgehead atoms. The molecule has 0 saturated heterocycles. The fraction of sp³-hybridized carbons (Fsp3) is 0.467. The first kappa shape index (κ1) is 12.4. The summed E-state index contributed by atoms with van der Waals surface area (Å²) in [6, 6.07) is 6.65. The first-order valence-electron chi connectivity index (χ1n) is 6.85. The Balaban J connectivity index is 1.74. The maximum Gasteiger partial charge on any atom is 0.0907 e. The molecule has 19 heavy (non-hydrogen) atoms. The SMILES string of the molecule is COC1CCCC(Nc2ccc3nccnc3c2)C1. The van der Waals surface area contributed by atoms with Crippen LogP contribution in [0.1, 0.15) is 25.7 Å². The highest BCUT2D eigenvalue weighted by Gasteiger charge is 2.21. The van der Waals surface area contributed by atoms with Crippen LogP contribution in [0.2, 0.25) is 0 Å². The predicted molar refractivity (Wildman–Crippen MR) is 76.2 cm³/mol. The van der Waals surface area contributed by atoms with Crippen LogP contribution in [0.4, 0.5) is 5.69 Å². The van der Waals surface area contributed by atoms with Crippen LogP contribution in [-0.2, 0) is 4.74 Å². The van der Waals surface area contributed by atoms with Gasteiger partial charge in [-0.1, -0.05) is 0 Å². The third-order valence-corrected chi connectivity index (χ3v) is 3.80. The second kappa shape index (κ2) is 5.53. The summed E-state index contributed by atoms with van der Waals surface area (Å²) in [6.07, 6.45) is 8.54. The lowest BCUT2D eigenvalue weighted by molar-refractivity contribution is 0.0669. The number of anilines is 1. The fourth-order valence-electron chi connectivity index (χ4n) is 2.78. The molecule has 1 N–H and O–H groups in total. The number of ether oxygens (including phenoxy) is 1. The van der Waals surface area contributed by atoms with E-state index in [4.69, 9.17) is 4.74 Å². The number of rotatable bonds is 3. The lowest BCUT2D eigenvalue weighted by Gasteiger charge is -2.29. The monoisotopic (exact) mass is 257 g/mol. The molecule has 1 aliphatic carbocycles. The summed E-state index contributed by atoms with van der Waals surface area (Å²) in [5.41, 5.74) is 2.99. The summed E-state index contributed by atoms with van der Waals surface area (Å²) in [5.74, 6) is 0. The molecule has 100 valence electrons. The van der Waals surface area contributed by atoms with Gasteiger partial charge in [0.2, 0.25) is 0 Å². The average molecular weight is 257 g/mol. The Morgan fingerprint density at radius 2 is 2.00 bits per heavy atom. The summed E-state index contributed by atoms with van der Waals surface area (Å²) in [7, 11) is 1.80. The summed E-state index contributed by atoms with van der Waals surface area (Å²) >= 11 is 0. The third-order valence-electron chi connectivity index (χ3n) is 3.80. The first-order chi connectivity index (χ1) is 9.35. The van der Waals surface area contributed by atoms with E-state index in [9.17, 15) is 0 Å². The van der Waals surface area contributed by atoms with Gasteiger partial charge >= 0.3 is 0 Å². The van der Waals surface area contributed by atoms with Crippen LogP contribution in [0.3, 0.4) is 0 Å². The molecule has 0 spiro atoms. The molecular weight excluding hydrogens is 238 g/mol. The van der Waals surface area contributed by atoms with E-state index in [1.54, 1.807) is 19.5 Å². The molecule has 4 heteroatoms. The fourth-order valence-corrected chi connectivity index (χ4v) is 2.78. The number of aromatic nitrogens is 2. The first-order valence-corrected chi connectivity index (χ1v) is 6.85. The normalized spacial score (nSPS) is 23.4. The van der Waals surface area contributed by atoms with Gasteiger partial charge in [-0.2, -0.15) is 0 Å². The van der Waals surface area contributed by atoms with Crippen molar-refractivity contribution in [3.8, 4) is 0 Å². The molecule has 0 aliphatic heterocycles. The molecule has 2 aromatic rings. The molecule has 0 radical (unpaired) electrons. The van der Waals surface area contributed by atoms with Gasteiger partial charge in [0.05, 0.1) is 17.1 Å². The Morgan fingerprint density at radius 3 is 2.84 bits per heavy atom. The van der Waals surface area contributed by atoms with Crippen molar-refractivity contribution in [2.24, 2.45) is 0 Å². The molecule has 0 amide bonds. The van der Waals surface area contributed by atoms with Crippen molar-refractivity contribution >= 4 is 16.7 Å². The number of nitrogens with one attached hydrogen (secondary N) is 1. The molecule has 2 unspecified atom stereocenters. The summed E-state index contributed by atoms with van der Waals surface area (Å²) in [5, 5.41) is 3.59. The van der Waals surface area contributed by atoms with E-state index in [0.29, 0.717) is 12.1 Å². The van der Waals surface area contributed by atoms with E-state index < -0.39 is 0 Å². The predicted octanol–water partition coefficient (Wildman–Crippen LogP) is 3.00. The number of fused-ring (bicyclic) bond motifs is 1. The van der Waals surface area contributed by atoms with Crippen molar-refractivity contribution in [2.45, 2.75) is 37.8 Å². The Labute approximate surface area is 113 Å². The number of benzene rings is 1. The van der Waals surface area contributed by atoms with E-state index in [1.165, 1.54) is 19.3 Å². The summed E-state index contributed by atoms with van der Waals surface area (Å²) < 4.78 is 5.47. The van der Waals surface area contributed by atoms with Crippen LogP contribution in [-0.4, -0.2) is 29.2 Å². The number of hydrogen-bond acceptors (Lipinski definition) is 4. The van der Waals surface area contributed by atoms with Gasteiger partial charge in [-0.3, -0.25) is 9.97 Å². The van der Waals surface area contributed by atoms with Crippen LogP contribution in [0.5, 0.6) is 0 Å². The van der Waals surface area contributed by atoms with Crippen molar-refractivity contribution in [3.63, 3.8) is 0 Å². The molecule has 1 heterocycles. The van der Waals surface area contributed by atoms with E-state index in [2.05, 4.69) is 27.4 Å². The van der Waals surface area contributed by atoms with Crippen LogP contribution in [0, 0.1) is 0 Å². The van der Waals surface area contributed by atoms with Gasteiger partial charge in [0, 0.05) is 31.2 Å². The van der Waals surface area contributed by atoms with E-state index in [0.717, 1.165) is 23.1 Å². The molecule has 1 aliphatic rings. The lowest BCUT2D eigenvalue weighted by Crippen LogP contribution is -2.30. The quantitative estimate of drug-likeness (QED) is 0.918. The zero-order valence-corrected chi connectivity index (χ0v) is 11.2. The summed E-state index contributed by atoms with van der Waals surface area (Å²) in [6.45, 7) is 0. The van der Waals surface area contributed by atoms with E-state index in [1.807, 2.05) is 6.07 Å². The second-order valence-corrected chi connectivity index (χ2v) is 5.13. The van der Waals surface area contributed by atoms with Gasteiger partial charge in [-0.05, 0) is 43.9 Å². The number of nitrogens with zero attached hydrogens (tertiary/aromatic N) is 2. The van der Waals surface area contributed by atoms with Gasteiger partial charge in [-0.25, -0.2) is 0 Å². The third kappa shape index (κ3) is 2.84. The van der Waals surface area contributed by atoms with Crippen molar-refractivity contribution in [1.29, 1.82) is 0 Å². The van der Waals surface area contributed by atoms with Crippen molar-refractivity contribution in [2.75, 3.05) is 12.4 Å². The van der Waals surface area contributed by atoms with Crippen LogP contribution < -0.4 is 5.32 Å². The topological polar surface area (TPSA) is 47.0 Å². The highest BCUT2D eigenvalue weighted by atomic mass is 16.5. The standard InChI is InChI=1S/C15H19N3O/c1-19-13-4-2-3-11(9-13)18-12-5-6-14-15(10-12)17-8-7-16-14/h5-8,10-11,13,18H,2-4,9H2,1H3. The van der Waals surface area contributed by atoms with Gasteiger partial charge < -0.3 is 10.1 Å². The van der Waals surface area contributed by atoms with Crippen LogP contribution >= 0.6 is 0 Å². The lowest BCUT2D eigenvalue weighted by atomic mass is 9.92. The van der Waals surface area contributed by atoms with Gasteiger partial charge in [0.25, 0.3) is 0 Å². The molecule has 1 saturated carbocycles. The molecule has 2 atom stereocenters. The van der Waals surface area contributed by atoms with Gasteiger partial charge in [0.1, 0.15) is 0 Å². The highest BCUT2D eigenvalue weighted by molar-refractivity contribution is 5.78. The van der Waals surface area contributed by atoms with Crippen molar-refractivity contribution in [1.82, 2.24) is 9.97 Å². The van der Waals surface area contributed by atoms with Crippen molar-refractivity contribution in [3.05, 3.63) is 30.6 Å². The molecule has 1 fully saturated rings. The maximum absolute atomic E-state index is 5.47. The highest BCUT2D eigenvalue weighted by Crippen LogP contribution is 2.24. The van der Waals surface area contributed by atoms with E-state index >= 15 is 0 Å². The van der Waals surface area contributed by atoms with Crippen LogP contribution in [0.15, 0.2) is 30.6 Å². The second-order valence-electron chi connectivity index (χ2n) is 5.13. The molecule has 1 aromatic carbocycles. The minimum absolute atomic E-state index is 0.395.